The Labute approximate surface area is 375 Å². The molecule has 0 spiro atoms. The van der Waals surface area contributed by atoms with Gasteiger partial charge in [-0.2, -0.15) is 0 Å². The van der Waals surface area contributed by atoms with E-state index in [4.69, 9.17) is 29.3 Å². The summed E-state index contributed by atoms with van der Waals surface area (Å²) >= 11 is 0. The zero-order valence-corrected chi connectivity index (χ0v) is 35.0. The van der Waals surface area contributed by atoms with Gasteiger partial charge in [0.1, 0.15) is 5.58 Å². The highest BCUT2D eigenvalue weighted by Gasteiger charge is 2.41. The van der Waals surface area contributed by atoms with E-state index in [0.29, 0.717) is 23.3 Å². The lowest BCUT2D eigenvalue weighted by molar-refractivity contribution is 0.617. The van der Waals surface area contributed by atoms with Gasteiger partial charge in [-0.25, -0.2) is 24.9 Å². The lowest BCUT2D eigenvalue weighted by Crippen LogP contribution is -2.27. The molecule has 0 N–H and O–H groups in total. The number of aromatic nitrogens is 5. The Morgan fingerprint density at radius 3 is 1.29 bits per heavy atom. The molecule has 0 amide bonds. The van der Waals surface area contributed by atoms with Crippen LogP contribution < -0.4 is 0 Å². The second-order valence-corrected chi connectivity index (χ2v) is 16.8. The first-order valence-corrected chi connectivity index (χ1v) is 22.0. The van der Waals surface area contributed by atoms with E-state index in [0.717, 1.165) is 66.9 Å². The molecular weight excluding hydrogens is 795 g/mol. The molecule has 14 rings (SSSR count). The zero-order chi connectivity index (χ0) is 42.8. The van der Waals surface area contributed by atoms with Crippen LogP contribution in [0.4, 0.5) is 0 Å². The number of rotatable bonds is 7. The maximum Gasteiger partial charge on any atom is 0.164 e. The van der Waals surface area contributed by atoms with E-state index >= 15 is 0 Å². The number of benzene rings is 8. The number of hydrogen-bond donors (Lipinski definition) is 0. The molecule has 6 nitrogen and oxygen atoms in total. The smallest absolute Gasteiger partial charge is 0.164 e. The number of hydrogen-bond acceptors (Lipinski definition) is 6. The summed E-state index contributed by atoms with van der Waals surface area (Å²) < 4.78 is 5.88. The molecule has 2 unspecified atom stereocenters. The standard InChI is InChI=1S/C59H37N5O/c1-4-14-38(15-5-1)56-60-51(37-26-24-36(25-27-37)50-35-65-53-23-13-12-20-43(50)53)34-52(61-56)41-28-30-46-48(32-41)54-44-21-10-11-22-45(44)55(46)49-33-42(29-31-47(49)54)59-63-57(39-16-6-2-7-17-39)62-58(64-59)40-18-8-3-9-19-40/h1-35,54-55H. The van der Waals surface area contributed by atoms with E-state index in [-0.39, 0.29) is 11.8 Å². The van der Waals surface area contributed by atoms with Gasteiger partial charge in [0.2, 0.25) is 0 Å². The molecule has 0 saturated carbocycles. The molecule has 3 aliphatic carbocycles. The van der Waals surface area contributed by atoms with Crippen molar-refractivity contribution in [3.63, 3.8) is 0 Å². The predicted molar refractivity (Wildman–Crippen MR) is 258 cm³/mol. The van der Waals surface area contributed by atoms with Crippen molar-refractivity contribution >= 4 is 11.0 Å². The van der Waals surface area contributed by atoms with E-state index in [2.05, 4.69) is 109 Å². The van der Waals surface area contributed by atoms with Crippen LogP contribution >= 0.6 is 0 Å². The van der Waals surface area contributed by atoms with Crippen LogP contribution in [0, 0.1) is 0 Å². The molecule has 2 bridgehead atoms. The minimum Gasteiger partial charge on any atom is -0.464 e. The summed E-state index contributed by atoms with van der Waals surface area (Å²) in [6.07, 6.45) is 1.84. The molecule has 11 aromatic rings. The first kappa shape index (κ1) is 37.0. The Hall–Kier alpha value is -8.61. The average Bonchev–Trinajstić information content (AvgIpc) is 3.83. The van der Waals surface area contributed by atoms with Crippen molar-refractivity contribution in [3.8, 4) is 79.2 Å². The lowest BCUT2D eigenvalue weighted by Gasteiger charge is -2.42. The van der Waals surface area contributed by atoms with Gasteiger partial charge in [-0.05, 0) is 63.2 Å². The van der Waals surface area contributed by atoms with Gasteiger partial charge in [0.15, 0.2) is 23.3 Å². The molecular formula is C59H37N5O. The molecule has 0 aliphatic heterocycles. The van der Waals surface area contributed by atoms with Gasteiger partial charge in [-0.3, -0.25) is 0 Å². The van der Waals surface area contributed by atoms with E-state index in [1.165, 1.54) is 33.4 Å². The summed E-state index contributed by atoms with van der Waals surface area (Å²) in [6.45, 7) is 0. The first-order chi connectivity index (χ1) is 32.2. The summed E-state index contributed by atoms with van der Waals surface area (Å²) in [5.74, 6) is 2.75. The quantitative estimate of drug-likeness (QED) is 0.159. The van der Waals surface area contributed by atoms with Crippen LogP contribution in [0.2, 0.25) is 0 Å². The number of nitrogens with zero attached hydrogens (tertiary/aromatic N) is 5. The Kier molecular flexibility index (Phi) is 8.56. The largest absolute Gasteiger partial charge is 0.464 e. The molecule has 6 heteroatoms. The summed E-state index contributed by atoms with van der Waals surface area (Å²) in [7, 11) is 0. The van der Waals surface area contributed by atoms with Crippen LogP contribution in [0.25, 0.3) is 90.2 Å². The van der Waals surface area contributed by atoms with E-state index in [1.807, 2.05) is 103 Å². The highest BCUT2D eigenvalue weighted by Crippen LogP contribution is 2.56. The fourth-order valence-corrected chi connectivity index (χ4v) is 9.93. The topological polar surface area (TPSA) is 77.6 Å². The van der Waals surface area contributed by atoms with Crippen molar-refractivity contribution in [2.24, 2.45) is 0 Å². The monoisotopic (exact) mass is 831 g/mol. The first-order valence-electron chi connectivity index (χ1n) is 22.0. The van der Waals surface area contributed by atoms with Crippen molar-refractivity contribution < 1.29 is 4.42 Å². The SMILES string of the molecule is c1ccc(-c2nc(-c3ccc(-c4coc5ccccc45)cc3)cc(-c3ccc4c(c3)C3c5ccccc5C4c4cc(-c5nc(-c6ccccc6)nc(-c6ccccc6)n5)ccc43)n2)cc1. The summed E-state index contributed by atoms with van der Waals surface area (Å²) in [4.78, 5) is 25.5. The minimum atomic E-state index is 0.0472. The van der Waals surface area contributed by atoms with Gasteiger partial charge in [0.05, 0.1) is 17.7 Å². The maximum atomic E-state index is 5.88. The molecule has 0 saturated heterocycles. The number of furan rings is 1. The number of para-hydroxylation sites is 1. The second-order valence-electron chi connectivity index (χ2n) is 16.8. The third-order valence-electron chi connectivity index (χ3n) is 13.0. The molecule has 3 aromatic heterocycles. The van der Waals surface area contributed by atoms with Crippen molar-refractivity contribution in [1.29, 1.82) is 0 Å². The fourth-order valence-electron chi connectivity index (χ4n) is 9.93. The van der Waals surface area contributed by atoms with Crippen LogP contribution in [0.3, 0.4) is 0 Å². The summed E-state index contributed by atoms with van der Waals surface area (Å²) in [5, 5.41) is 1.10. The summed E-state index contributed by atoms with van der Waals surface area (Å²) in [5.41, 5.74) is 18.6. The van der Waals surface area contributed by atoms with E-state index in [1.54, 1.807) is 0 Å². The van der Waals surface area contributed by atoms with Crippen molar-refractivity contribution in [1.82, 2.24) is 24.9 Å². The Bertz CT molecular complexity index is 3550. The Morgan fingerprint density at radius 2 is 0.708 bits per heavy atom. The molecule has 8 aromatic carbocycles. The molecule has 0 radical (unpaired) electrons. The molecule has 2 atom stereocenters. The van der Waals surface area contributed by atoms with Gasteiger partial charge in [0, 0.05) is 56.2 Å². The third-order valence-corrected chi connectivity index (χ3v) is 13.0. The van der Waals surface area contributed by atoms with Crippen LogP contribution in [0.5, 0.6) is 0 Å². The van der Waals surface area contributed by atoms with Gasteiger partial charge in [0.25, 0.3) is 0 Å². The van der Waals surface area contributed by atoms with E-state index < -0.39 is 0 Å². The molecule has 3 aliphatic rings. The molecule has 3 heterocycles. The van der Waals surface area contributed by atoms with Crippen LogP contribution in [-0.2, 0) is 0 Å². The predicted octanol–water partition coefficient (Wildman–Crippen LogP) is 14.1. The van der Waals surface area contributed by atoms with Crippen molar-refractivity contribution in [3.05, 3.63) is 246 Å². The van der Waals surface area contributed by atoms with Crippen molar-refractivity contribution in [2.45, 2.75) is 11.8 Å². The Morgan fingerprint density at radius 1 is 0.292 bits per heavy atom. The normalized spacial score (nSPS) is 14.5. The highest BCUT2D eigenvalue weighted by atomic mass is 16.3. The summed E-state index contributed by atoms with van der Waals surface area (Å²) in [6, 6.07) is 72.1. The van der Waals surface area contributed by atoms with Crippen LogP contribution in [-0.4, -0.2) is 24.9 Å². The molecule has 304 valence electrons. The van der Waals surface area contributed by atoms with Crippen LogP contribution in [0.1, 0.15) is 45.2 Å². The second kappa shape index (κ2) is 15.0. The third kappa shape index (κ3) is 6.29. The lowest BCUT2D eigenvalue weighted by atomic mass is 9.60. The fraction of sp³-hybridized carbons (Fsp3) is 0.0339. The van der Waals surface area contributed by atoms with Gasteiger partial charge >= 0.3 is 0 Å². The zero-order valence-electron chi connectivity index (χ0n) is 35.0. The van der Waals surface area contributed by atoms with Crippen molar-refractivity contribution in [2.75, 3.05) is 0 Å². The highest BCUT2D eigenvalue weighted by molar-refractivity contribution is 5.94. The Balaban J connectivity index is 0.912. The van der Waals surface area contributed by atoms with Gasteiger partial charge in [-0.1, -0.05) is 182 Å². The minimum absolute atomic E-state index is 0.0472. The van der Waals surface area contributed by atoms with Gasteiger partial charge < -0.3 is 4.42 Å². The maximum absolute atomic E-state index is 5.88. The molecule has 65 heavy (non-hydrogen) atoms. The van der Waals surface area contributed by atoms with Crippen LogP contribution in [0.15, 0.2) is 217 Å². The average molecular weight is 832 g/mol. The number of fused-ring (bicyclic) bond motifs is 1. The molecule has 0 fully saturated rings. The van der Waals surface area contributed by atoms with E-state index in [9.17, 15) is 0 Å². The van der Waals surface area contributed by atoms with Gasteiger partial charge in [-0.15, -0.1) is 0 Å².